The number of carbonyl (C=O) groups excluding carboxylic acids is 2. The number of esters is 1. The summed E-state index contributed by atoms with van der Waals surface area (Å²) in [5, 5.41) is 2.35. The lowest BCUT2D eigenvalue weighted by Gasteiger charge is -2.06. The van der Waals surface area contributed by atoms with Gasteiger partial charge in [0.1, 0.15) is 6.54 Å². The minimum Gasteiger partial charge on any atom is -0.465 e. The van der Waals surface area contributed by atoms with E-state index in [1.165, 1.54) is 24.3 Å². The highest BCUT2D eigenvalue weighted by atomic mass is 32.2. The molecule has 1 amide bonds. The first-order chi connectivity index (χ1) is 8.84. The average Bonchev–Trinajstić information content (AvgIpc) is 2.35. The molecular weight excluding hydrogens is 270 g/mol. The van der Waals surface area contributed by atoms with Gasteiger partial charge in [0.15, 0.2) is 9.84 Å². The van der Waals surface area contributed by atoms with E-state index in [2.05, 4.69) is 10.1 Å². The average molecular weight is 285 g/mol. The summed E-state index contributed by atoms with van der Waals surface area (Å²) in [5.41, 5.74) is 0.173. The van der Waals surface area contributed by atoms with Gasteiger partial charge in [-0.15, -0.1) is 0 Å². The highest BCUT2D eigenvalue weighted by Crippen LogP contribution is 2.11. The normalized spacial score (nSPS) is 10.8. The van der Waals surface area contributed by atoms with Crippen LogP contribution in [0.3, 0.4) is 0 Å². The van der Waals surface area contributed by atoms with E-state index in [-0.39, 0.29) is 23.6 Å². The van der Waals surface area contributed by atoms with Gasteiger partial charge in [0, 0.05) is 11.8 Å². The largest absolute Gasteiger partial charge is 0.465 e. The second-order valence-corrected chi connectivity index (χ2v) is 5.80. The summed E-state index contributed by atoms with van der Waals surface area (Å²) < 4.78 is 27.4. The molecule has 0 aliphatic carbocycles. The van der Waals surface area contributed by atoms with Crippen LogP contribution in [0.4, 0.5) is 0 Å². The van der Waals surface area contributed by atoms with Crippen molar-refractivity contribution in [1.29, 1.82) is 0 Å². The Bertz CT molecular complexity index is 580. The van der Waals surface area contributed by atoms with Crippen LogP contribution in [0.5, 0.6) is 0 Å². The lowest BCUT2D eigenvalue weighted by Crippen LogP contribution is -2.30. The van der Waals surface area contributed by atoms with Crippen LogP contribution in [-0.4, -0.2) is 39.7 Å². The van der Waals surface area contributed by atoms with Gasteiger partial charge in [-0.1, -0.05) is 6.07 Å². The molecule has 19 heavy (non-hydrogen) atoms. The number of hydrogen-bond donors (Lipinski definition) is 1. The minimum atomic E-state index is -3.37. The van der Waals surface area contributed by atoms with E-state index in [1.807, 2.05) is 0 Å². The number of hydrogen-bond acceptors (Lipinski definition) is 5. The lowest BCUT2D eigenvalue weighted by molar-refractivity contribution is -0.141. The quantitative estimate of drug-likeness (QED) is 0.790. The number of sulfone groups is 1. The van der Waals surface area contributed by atoms with Crippen LogP contribution >= 0.6 is 0 Å². The maximum Gasteiger partial charge on any atom is 0.325 e. The van der Waals surface area contributed by atoms with Crippen LogP contribution < -0.4 is 5.32 Å². The van der Waals surface area contributed by atoms with Crippen molar-refractivity contribution in [3.63, 3.8) is 0 Å². The van der Waals surface area contributed by atoms with Gasteiger partial charge in [-0.25, -0.2) is 8.42 Å². The zero-order valence-electron chi connectivity index (χ0n) is 10.7. The van der Waals surface area contributed by atoms with Crippen LogP contribution in [0.1, 0.15) is 17.3 Å². The van der Waals surface area contributed by atoms with E-state index < -0.39 is 21.7 Å². The first kappa shape index (κ1) is 15.2. The highest BCUT2D eigenvalue weighted by Gasteiger charge is 2.12. The smallest absolute Gasteiger partial charge is 0.325 e. The van der Waals surface area contributed by atoms with E-state index in [0.29, 0.717) is 0 Å². The molecule has 6 nitrogen and oxygen atoms in total. The molecule has 7 heteroatoms. The molecule has 1 rings (SSSR count). The molecule has 0 heterocycles. The maximum atomic E-state index is 11.7. The first-order valence-corrected chi connectivity index (χ1v) is 7.47. The fourth-order valence-electron chi connectivity index (χ4n) is 1.33. The third-order valence-corrected chi connectivity index (χ3v) is 3.33. The molecule has 0 saturated carbocycles. The third kappa shape index (κ3) is 4.70. The molecule has 0 radical (unpaired) electrons. The Labute approximate surface area is 111 Å². The third-order valence-electron chi connectivity index (χ3n) is 2.22. The van der Waals surface area contributed by atoms with E-state index in [4.69, 9.17) is 0 Å². The van der Waals surface area contributed by atoms with Gasteiger partial charge in [-0.2, -0.15) is 0 Å². The van der Waals surface area contributed by atoms with Gasteiger partial charge in [0.2, 0.25) is 0 Å². The zero-order valence-corrected chi connectivity index (χ0v) is 11.5. The molecule has 1 aromatic carbocycles. The van der Waals surface area contributed by atoms with Crippen LogP contribution in [0.15, 0.2) is 29.2 Å². The minimum absolute atomic E-state index is 0.0521. The molecule has 0 spiro atoms. The lowest BCUT2D eigenvalue weighted by atomic mass is 10.2. The Hall–Kier alpha value is -1.89. The summed E-state index contributed by atoms with van der Waals surface area (Å²) in [6.45, 7) is 1.64. The summed E-state index contributed by atoms with van der Waals surface area (Å²) in [6.07, 6.45) is 1.06. The van der Waals surface area contributed by atoms with Gasteiger partial charge < -0.3 is 10.1 Å². The SMILES string of the molecule is CCOC(=O)CNC(=O)c1cccc(S(C)(=O)=O)c1. The van der Waals surface area contributed by atoms with Gasteiger partial charge in [0.25, 0.3) is 5.91 Å². The molecule has 0 aliphatic heterocycles. The fraction of sp³-hybridized carbons (Fsp3) is 0.333. The predicted octanol–water partition coefficient (Wildman–Crippen LogP) is 0.383. The van der Waals surface area contributed by atoms with Crippen LogP contribution in [0.25, 0.3) is 0 Å². The van der Waals surface area contributed by atoms with Crippen molar-refractivity contribution < 1.29 is 22.7 Å². The molecule has 0 bridgehead atoms. The molecular formula is C12H15NO5S. The van der Waals surface area contributed by atoms with Crippen molar-refractivity contribution in [3.8, 4) is 0 Å². The monoisotopic (exact) mass is 285 g/mol. The molecule has 1 N–H and O–H groups in total. The van der Waals surface area contributed by atoms with E-state index in [1.54, 1.807) is 6.92 Å². The second kappa shape index (κ2) is 6.33. The number of carbonyl (C=O) groups is 2. The number of amides is 1. The summed E-state index contributed by atoms with van der Waals surface area (Å²) in [7, 11) is -3.37. The van der Waals surface area contributed by atoms with Crippen molar-refractivity contribution in [1.82, 2.24) is 5.32 Å². The first-order valence-electron chi connectivity index (χ1n) is 5.58. The van der Waals surface area contributed by atoms with E-state index in [9.17, 15) is 18.0 Å². The molecule has 0 fully saturated rings. The number of rotatable bonds is 5. The topological polar surface area (TPSA) is 89.5 Å². The Kier molecular flexibility index (Phi) is 5.05. The van der Waals surface area contributed by atoms with E-state index in [0.717, 1.165) is 6.26 Å². The van der Waals surface area contributed by atoms with Crippen molar-refractivity contribution in [3.05, 3.63) is 29.8 Å². The maximum absolute atomic E-state index is 11.7. The van der Waals surface area contributed by atoms with Crippen molar-refractivity contribution >= 4 is 21.7 Å². The molecule has 0 atom stereocenters. The second-order valence-electron chi connectivity index (χ2n) is 3.79. The molecule has 1 aromatic rings. The Morgan fingerprint density at radius 1 is 1.32 bits per heavy atom. The van der Waals surface area contributed by atoms with Crippen molar-refractivity contribution in [2.24, 2.45) is 0 Å². The Morgan fingerprint density at radius 3 is 2.58 bits per heavy atom. The van der Waals surface area contributed by atoms with Gasteiger partial charge in [-0.3, -0.25) is 9.59 Å². The number of benzene rings is 1. The van der Waals surface area contributed by atoms with Crippen LogP contribution in [0, 0.1) is 0 Å². The molecule has 104 valence electrons. The Balaban J connectivity index is 2.76. The molecule has 0 aromatic heterocycles. The Morgan fingerprint density at radius 2 is 2.00 bits per heavy atom. The highest BCUT2D eigenvalue weighted by molar-refractivity contribution is 7.90. The van der Waals surface area contributed by atoms with Crippen LogP contribution in [-0.2, 0) is 19.4 Å². The van der Waals surface area contributed by atoms with Gasteiger partial charge >= 0.3 is 5.97 Å². The predicted molar refractivity (Wildman–Crippen MR) is 68.5 cm³/mol. The zero-order chi connectivity index (χ0) is 14.5. The van der Waals surface area contributed by atoms with E-state index >= 15 is 0 Å². The standard InChI is InChI=1S/C12H15NO5S/c1-3-18-11(14)8-13-12(15)9-5-4-6-10(7-9)19(2,16)17/h4-7H,3,8H2,1-2H3,(H,13,15). The summed E-state index contributed by atoms with van der Waals surface area (Å²) >= 11 is 0. The molecule has 0 unspecified atom stereocenters. The summed E-state index contributed by atoms with van der Waals surface area (Å²) in [5.74, 6) is -1.08. The van der Waals surface area contributed by atoms with Crippen LogP contribution in [0.2, 0.25) is 0 Å². The molecule has 0 aliphatic rings. The number of nitrogens with one attached hydrogen (secondary N) is 1. The van der Waals surface area contributed by atoms with Gasteiger partial charge in [0.05, 0.1) is 11.5 Å². The molecule has 0 saturated heterocycles. The number of ether oxygens (including phenoxy) is 1. The van der Waals surface area contributed by atoms with Crippen molar-refractivity contribution in [2.75, 3.05) is 19.4 Å². The summed E-state index contributed by atoms with van der Waals surface area (Å²) in [6, 6.07) is 5.60. The van der Waals surface area contributed by atoms with Crippen molar-refractivity contribution in [2.45, 2.75) is 11.8 Å². The fourth-order valence-corrected chi connectivity index (χ4v) is 2.00. The summed E-state index contributed by atoms with van der Waals surface area (Å²) in [4.78, 5) is 22.8. The van der Waals surface area contributed by atoms with Gasteiger partial charge in [-0.05, 0) is 25.1 Å².